The number of aromatic nitrogens is 1. The fourth-order valence-corrected chi connectivity index (χ4v) is 6.22. The quantitative estimate of drug-likeness (QED) is 0.149. The van der Waals surface area contributed by atoms with Crippen LogP contribution in [0.4, 0.5) is 11.4 Å². The van der Waals surface area contributed by atoms with Crippen LogP contribution >= 0.6 is 33.0 Å². The first-order valence-electron chi connectivity index (χ1n) is 14.7. The summed E-state index contributed by atoms with van der Waals surface area (Å²) in [5.74, 6) is 0.0245. The standard InChI is InChI=1S/C11H10ClNO3S.C11H13NO.C9H11N.C2H3ClO.ClHO3S/c1-7-5-9-6-10(17(12,15)16)3-4-11(9)13(7)8(2)14;1-8-7-10-5-3-4-6-11(10)12(8)9(2)13;1-7-6-8-4-2-3-5-9(8)10-7;1-2(3)4;1-5(2,3)4/h3-6H,1-2H3;3-6,8H,7H2,1-2H3;2-5,7,10H,6H2,1H3;1H3;(H,2,3,4). The van der Waals surface area contributed by atoms with E-state index in [1.165, 1.54) is 53.8 Å². The molecule has 0 aliphatic carbocycles. The molecule has 0 saturated carbocycles. The summed E-state index contributed by atoms with van der Waals surface area (Å²) < 4.78 is 49.1. The van der Waals surface area contributed by atoms with E-state index in [0.717, 1.165) is 17.8 Å². The third kappa shape index (κ3) is 13.4. The molecule has 0 radical (unpaired) electrons. The second kappa shape index (κ2) is 18.0. The van der Waals surface area contributed by atoms with Crippen LogP contribution in [0.25, 0.3) is 10.9 Å². The number of anilines is 2. The molecule has 0 spiro atoms. The van der Waals surface area contributed by atoms with E-state index < -0.39 is 18.4 Å². The summed E-state index contributed by atoms with van der Waals surface area (Å²) in [7, 11) is 1.39. The van der Waals surface area contributed by atoms with Gasteiger partial charge in [0.1, 0.15) is 0 Å². The molecule has 0 fully saturated rings. The monoisotopic (exact) mass is 773 g/mol. The number of rotatable bonds is 1. The highest BCUT2D eigenvalue weighted by molar-refractivity contribution is 8.13. The molecule has 2 unspecified atom stereocenters. The Labute approximate surface area is 300 Å². The minimum absolute atomic E-state index is 0.0346. The average Bonchev–Trinajstić information content (AvgIpc) is 3.61. The van der Waals surface area contributed by atoms with Gasteiger partial charge in [0.05, 0.1) is 10.4 Å². The van der Waals surface area contributed by atoms with Crippen molar-refractivity contribution in [1.29, 1.82) is 0 Å². The highest BCUT2D eigenvalue weighted by Crippen LogP contribution is 2.31. The van der Waals surface area contributed by atoms with Crippen LogP contribution in [0, 0.1) is 6.92 Å². The summed E-state index contributed by atoms with van der Waals surface area (Å²) in [5, 5.41) is 3.72. The number of nitrogens with one attached hydrogen (secondary N) is 1. The first kappa shape index (κ1) is 41.7. The Balaban J connectivity index is 0.000000232. The third-order valence-corrected chi connectivity index (χ3v) is 8.40. The van der Waals surface area contributed by atoms with Gasteiger partial charge in [-0.05, 0) is 92.7 Å². The largest absolute Gasteiger partial charge is 0.382 e. The second-order valence-corrected chi connectivity index (χ2v) is 16.3. The molecule has 16 heteroatoms. The highest BCUT2D eigenvalue weighted by atomic mass is 35.7. The SMILES string of the molecule is CC(=O)Cl.CC(=O)N1c2ccccc2CC1C.CC(=O)n1c(C)cc2cc(S(=O)(=O)Cl)ccc21.CC1Cc2ccccc2N1.O=S(=O)(O)Cl. The molecule has 2 atom stereocenters. The van der Waals surface area contributed by atoms with E-state index in [4.69, 9.17) is 23.7 Å². The first-order valence-corrected chi connectivity index (χ1v) is 19.7. The first-order chi connectivity index (χ1) is 22.6. The van der Waals surface area contributed by atoms with Gasteiger partial charge < -0.3 is 10.2 Å². The van der Waals surface area contributed by atoms with Gasteiger partial charge >= 0.3 is 9.33 Å². The van der Waals surface area contributed by atoms with Crippen LogP contribution < -0.4 is 10.2 Å². The Morgan fingerprint density at radius 2 is 1.35 bits per heavy atom. The van der Waals surface area contributed by atoms with Gasteiger partial charge in [-0.15, -0.1) is 0 Å². The second-order valence-electron chi connectivity index (χ2n) is 11.2. The Bertz CT molecular complexity index is 2000. The lowest BCUT2D eigenvalue weighted by Gasteiger charge is -2.20. The lowest BCUT2D eigenvalue weighted by Crippen LogP contribution is -2.33. The van der Waals surface area contributed by atoms with Crippen molar-refractivity contribution >= 4 is 90.7 Å². The number of carbonyl (C=O) groups is 3. The topological polar surface area (TPSA) is 160 Å². The number of fused-ring (bicyclic) bond motifs is 3. The van der Waals surface area contributed by atoms with Crippen LogP contribution in [0.15, 0.2) is 77.7 Å². The predicted octanol–water partition coefficient (Wildman–Crippen LogP) is 7.36. The molecule has 266 valence electrons. The van der Waals surface area contributed by atoms with Gasteiger partial charge in [0, 0.05) is 76.7 Å². The zero-order valence-corrected chi connectivity index (χ0v) is 31.5. The molecule has 2 aliphatic heterocycles. The van der Waals surface area contributed by atoms with Gasteiger partial charge in [0.2, 0.25) is 17.1 Å². The third-order valence-electron chi connectivity index (χ3n) is 7.05. The van der Waals surface area contributed by atoms with Crippen molar-refractivity contribution < 1.29 is 35.8 Å². The number of nitrogens with zero attached hydrogens (tertiary/aromatic N) is 2. The Kier molecular flexibility index (Phi) is 15.3. The zero-order valence-electron chi connectivity index (χ0n) is 27.6. The van der Waals surface area contributed by atoms with Gasteiger partial charge in [-0.3, -0.25) is 23.5 Å². The summed E-state index contributed by atoms with van der Waals surface area (Å²) >= 11 is 4.64. The molecular weight excluding hydrogens is 737 g/mol. The molecule has 2 aliphatic rings. The minimum Gasteiger partial charge on any atom is -0.382 e. The summed E-state index contributed by atoms with van der Waals surface area (Å²) in [4.78, 5) is 33.9. The van der Waals surface area contributed by atoms with Crippen LogP contribution in [-0.2, 0) is 40.8 Å². The van der Waals surface area contributed by atoms with Crippen molar-refractivity contribution in [3.63, 3.8) is 0 Å². The molecule has 4 aromatic rings. The highest BCUT2D eigenvalue weighted by Gasteiger charge is 2.28. The number of hydrogen-bond acceptors (Lipinski definition) is 8. The molecule has 3 heterocycles. The van der Waals surface area contributed by atoms with Crippen molar-refractivity contribution in [2.75, 3.05) is 10.2 Å². The van der Waals surface area contributed by atoms with Crippen molar-refractivity contribution in [1.82, 2.24) is 4.57 Å². The van der Waals surface area contributed by atoms with E-state index in [1.807, 2.05) is 23.1 Å². The van der Waals surface area contributed by atoms with Crippen LogP contribution in [0.3, 0.4) is 0 Å². The fraction of sp³-hybridized carbons (Fsp3) is 0.303. The maximum atomic E-state index is 11.4. The van der Waals surface area contributed by atoms with Crippen LogP contribution in [0.2, 0.25) is 0 Å². The molecular formula is C33H38Cl3N3O8S2. The maximum absolute atomic E-state index is 11.4. The molecule has 0 saturated heterocycles. The number of benzene rings is 3. The smallest absolute Gasteiger partial charge is 0.353 e. The van der Waals surface area contributed by atoms with Crippen LogP contribution in [0.5, 0.6) is 0 Å². The van der Waals surface area contributed by atoms with Crippen molar-refractivity contribution in [2.45, 2.75) is 71.4 Å². The van der Waals surface area contributed by atoms with E-state index >= 15 is 0 Å². The Morgan fingerprint density at radius 1 is 0.816 bits per heavy atom. The molecule has 6 rings (SSSR count). The summed E-state index contributed by atoms with van der Waals surface area (Å²) in [5.41, 5.74) is 6.58. The average molecular weight is 775 g/mol. The van der Waals surface area contributed by atoms with E-state index in [1.54, 1.807) is 26.0 Å². The number of amides is 1. The van der Waals surface area contributed by atoms with Gasteiger partial charge in [0.15, 0.2) is 0 Å². The summed E-state index contributed by atoms with van der Waals surface area (Å²) in [6, 6.07) is 23.7. The van der Waals surface area contributed by atoms with Gasteiger partial charge in [-0.25, -0.2) is 8.42 Å². The van der Waals surface area contributed by atoms with Crippen molar-refractivity contribution in [3.8, 4) is 0 Å². The molecule has 3 aromatic carbocycles. The van der Waals surface area contributed by atoms with E-state index in [-0.39, 0.29) is 22.0 Å². The molecule has 11 nitrogen and oxygen atoms in total. The molecule has 1 amide bonds. The lowest BCUT2D eigenvalue weighted by atomic mass is 10.1. The Hall–Kier alpha value is -3.46. The zero-order chi connectivity index (χ0) is 37.3. The van der Waals surface area contributed by atoms with Crippen LogP contribution in [0.1, 0.15) is 56.2 Å². The molecule has 2 N–H and O–H groups in total. The predicted molar refractivity (Wildman–Crippen MR) is 196 cm³/mol. The van der Waals surface area contributed by atoms with Crippen molar-refractivity contribution in [2.24, 2.45) is 0 Å². The molecule has 0 bridgehead atoms. The van der Waals surface area contributed by atoms with Crippen molar-refractivity contribution in [3.05, 3.63) is 89.6 Å². The van der Waals surface area contributed by atoms with Crippen LogP contribution in [-0.4, -0.2) is 55.1 Å². The number of para-hydroxylation sites is 2. The van der Waals surface area contributed by atoms with E-state index in [9.17, 15) is 22.8 Å². The van der Waals surface area contributed by atoms with E-state index in [2.05, 4.69) is 71.8 Å². The molecule has 49 heavy (non-hydrogen) atoms. The van der Waals surface area contributed by atoms with Gasteiger partial charge in [-0.1, -0.05) is 36.4 Å². The lowest BCUT2D eigenvalue weighted by molar-refractivity contribution is -0.116. The number of hydrogen-bond donors (Lipinski definition) is 2. The minimum atomic E-state index is -4.19. The molecule has 1 aromatic heterocycles. The number of carbonyl (C=O) groups excluding carboxylic acids is 3. The Morgan fingerprint density at radius 3 is 1.86 bits per heavy atom. The fourth-order valence-electron chi connectivity index (χ4n) is 5.43. The van der Waals surface area contributed by atoms with Gasteiger partial charge in [0.25, 0.3) is 9.05 Å². The maximum Gasteiger partial charge on any atom is 0.353 e. The normalized spacial score (nSPS) is 15.7. The summed E-state index contributed by atoms with van der Waals surface area (Å²) in [6.07, 6.45) is 2.16. The van der Waals surface area contributed by atoms with E-state index in [0.29, 0.717) is 23.0 Å². The summed E-state index contributed by atoms with van der Waals surface area (Å²) in [6.45, 7) is 10.5. The number of halogens is 3. The van der Waals surface area contributed by atoms with Gasteiger partial charge in [-0.2, -0.15) is 8.42 Å². The number of aryl methyl sites for hydroxylation is 1.